The summed E-state index contributed by atoms with van der Waals surface area (Å²) in [5, 5.41) is 0. The van der Waals surface area contributed by atoms with Crippen LogP contribution in [0.4, 0.5) is 0 Å². The zero-order chi connectivity index (χ0) is 14.5. The Morgan fingerprint density at radius 1 is 1.35 bits per heavy atom. The monoisotopic (exact) mass is 291 g/mol. The van der Waals surface area contributed by atoms with Crippen LogP contribution in [0.3, 0.4) is 0 Å². The van der Waals surface area contributed by atoms with Crippen molar-refractivity contribution in [3.63, 3.8) is 0 Å². The Kier molecular flexibility index (Phi) is 4.84. The first kappa shape index (κ1) is 14.7. The molecule has 1 heterocycles. The maximum absolute atomic E-state index is 11.2. The highest BCUT2D eigenvalue weighted by atomic mass is 32.2. The van der Waals surface area contributed by atoms with Crippen LogP contribution in [0.15, 0.2) is 33.6 Å². The summed E-state index contributed by atoms with van der Waals surface area (Å²) in [4.78, 5) is 16.8. The number of methoxy groups -OCH3 is 1. The largest absolute Gasteiger partial charge is 0.469 e. The molecule has 4 nitrogen and oxygen atoms in total. The van der Waals surface area contributed by atoms with E-state index in [0.717, 1.165) is 17.0 Å². The molecule has 0 N–H and O–H groups in total. The fourth-order valence-electron chi connectivity index (χ4n) is 1.93. The first-order valence-electron chi connectivity index (χ1n) is 6.31. The van der Waals surface area contributed by atoms with E-state index < -0.39 is 0 Å². The normalized spacial score (nSPS) is 10.6. The zero-order valence-electron chi connectivity index (χ0n) is 11.8. The Balaban J connectivity index is 2.23. The molecule has 20 heavy (non-hydrogen) atoms. The number of carbonyl (C=O) groups is 1. The predicted octanol–water partition coefficient (Wildman–Crippen LogP) is 3.48. The molecule has 0 saturated carbocycles. The van der Waals surface area contributed by atoms with Crippen LogP contribution in [-0.2, 0) is 16.0 Å². The highest BCUT2D eigenvalue weighted by molar-refractivity contribution is 7.98. The Morgan fingerprint density at radius 3 is 2.65 bits per heavy atom. The fourth-order valence-corrected chi connectivity index (χ4v) is 2.34. The molecule has 106 valence electrons. The molecule has 0 amide bonds. The van der Waals surface area contributed by atoms with E-state index in [0.29, 0.717) is 18.7 Å². The van der Waals surface area contributed by atoms with E-state index in [9.17, 15) is 4.79 Å². The number of thioether (sulfide) groups is 1. The summed E-state index contributed by atoms with van der Waals surface area (Å²) in [5.74, 6) is 1.08. The molecule has 1 aromatic heterocycles. The lowest BCUT2D eigenvalue weighted by atomic mass is 10.1. The Bertz CT molecular complexity index is 590. The van der Waals surface area contributed by atoms with Gasteiger partial charge in [0.1, 0.15) is 11.5 Å². The average Bonchev–Trinajstić information content (AvgIpc) is 2.85. The van der Waals surface area contributed by atoms with Gasteiger partial charge < -0.3 is 9.15 Å². The van der Waals surface area contributed by atoms with E-state index in [1.54, 1.807) is 18.7 Å². The number of aryl methyl sites for hydroxylation is 2. The van der Waals surface area contributed by atoms with Crippen LogP contribution >= 0.6 is 11.8 Å². The number of oxazole rings is 1. The maximum atomic E-state index is 11.2. The number of rotatable bonds is 5. The summed E-state index contributed by atoms with van der Waals surface area (Å²) in [6.45, 7) is 1.81. The van der Waals surface area contributed by atoms with Crippen LogP contribution in [0.25, 0.3) is 11.3 Å². The van der Waals surface area contributed by atoms with Gasteiger partial charge >= 0.3 is 5.97 Å². The third kappa shape index (κ3) is 3.42. The highest BCUT2D eigenvalue weighted by Gasteiger charge is 2.14. The van der Waals surface area contributed by atoms with Crippen LogP contribution in [0.2, 0.25) is 0 Å². The number of hydrogen-bond acceptors (Lipinski definition) is 5. The molecule has 2 rings (SSSR count). The zero-order valence-corrected chi connectivity index (χ0v) is 12.6. The van der Waals surface area contributed by atoms with Gasteiger partial charge in [-0.25, -0.2) is 4.98 Å². The number of esters is 1. The number of nitrogens with zero attached hydrogens (tertiary/aromatic N) is 1. The fraction of sp³-hybridized carbons (Fsp3) is 0.333. The quantitative estimate of drug-likeness (QED) is 0.623. The summed E-state index contributed by atoms with van der Waals surface area (Å²) in [6.07, 6.45) is 2.82. The molecule has 0 aliphatic carbocycles. The van der Waals surface area contributed by atoms with E-state index in [2.05, 4.69) is 9.72 Å². The first-order valence-corrected chi connectivity index (χ1v) is 7.54. The maximum Gasteiger partial charge on any atom is 0.305 e. The molecule has 5 heteroatoms. The lowest BCUT2D eigenvalue weighted by Crippen LogP contribution is -2.02. The van der Waals surface area contributed by atoms with Crippen molar-refractivity contribution >= 4 is 17.7 Å². The molecule has 0 atom stereocenters. The molecule has 0 fully saturated rings. The molecule has 0 aliphatic rings. The van der Waals surface area contributed by atoms with Crippen molar-refractivity contribution in [1.82, 2.24) is 4.98 Å². The van der Waals surface area contributed by atoms with Crippen LogP contribution in [-0.4, -0.2) is 24.3 Å². The van der Waals surface area contributed by atoms with Gasteiger partial charge in [0.25, 0.3) is 0 Å². The SMILES string of the molecule is COC(=O)CCc1oc(C)nc1-c1ccc(SC)cc1. The second kappa shape index (κ2) is 6.61. The van der Waals surface area contributed by atoms with E-state index in [1.165, 1.54) is 12.0 Å². The molecule has 0 radical (unpaired) electrons. The van der Waals surface area contributed by atoms with E-state index in [1.807, 2.05) is 30.5 Å². The predicted molar refractivity (Wildman–Crippen MR) is 78.8 cm³/mol. The molecule has 2 aromatic rings. The van der Waals surface area contributed by atoms with Crippen LogP contribution in [0, 0.1) is 6.92 Å². The van der Waals surface area contributed by atoms with Gasteiger partial charge in [-0.05, 0) is 18.4 Å². The molecule has 0 aliphatic heterocycles. The average molecular weight is 291 g/mol. The van der Waals surface area contributed by atoms with Crippen molar-refractivity contribution in [2.75, 3.05) is 13.4 Å². The number of aromatic nitrogens is 1. The van der Waals surface area contributed by atoms with Gasteiger partial charge in [0, 0.05) is 23.8 Å². The van der Waals surface area contributed by atoms with E-state index in [4.69, 9.17) is 4.42 Å². The molecular weight excluding hydrogens is 274 g/mol. The van der Waals surface area contributed by atoms with Gasteiger partial charge in [0.15, 0.2) is 5.89 Å². The van der Waals surface area contributed by atoms with Crippen molar-refractivity contribution in [1.29, 1.82) is 0 Å². The van der Waals surface area contributed by atoms with Gasteiger partial charge in [-0.2, -0.15) is 0 Å². The lowest BCUT2D eigenvalue weighted by molar-refractivity contribution is -0.140. The minimum Gasteiger partial charge on any atom is -0.469 e. The van der Waals surface area contributed by atoms with Crippen molar-refractivity contribution in [3.8, 4) is 11.3 Å². The van der Waals surface area contributed by atoms with E-state index >= 15 is 0 Å². The van der Waals surface area contributed by atoms with E-state index in [-0.39, 0.29) is 5.97 Å². The summed E-state index contributed by atoms with van der Waals surface area (Å²) in [5.41, 5.74) is 1.80. The second-order valence-corrected chi connectivity index (χ2v) is 5.19. The Morgan fingerprint density at radius 2 is 2.05 bits per heavy atom. The Labute approximate surface area is 122 Å². The van der Waals surface area contributed by atoms with Crippen molar-refractivity contribution in [2.24, 2.45) is 0 Å². The summed E-state index contributed by atoms with van der Waals surface area (Å²) in [7, 11) is 1.38. The van der Waals surface area contributed by atoms with Crippen LogP contribution in [0.5, 0.6) is 0 Å². The number of benzene rings is 1. The topological polar surface area (TPSA) is 52.3 Å². The summed E-state index contributed by atoms with van der Waals surface area (Å²) in [6, 6.07) is 8.14. The minimum absolute atomic E-state index is 0.247. The molecule has 0 bridgehead atoms. The van der Waals surface area contributed by atoms with Gasteiger partial charge in [0.05, 0.1) is 13.5 Å². The Hall–Kier alpha value is -1.75. The van der Waals surface area contributed by atoms with Crippen LogP contribution in [0.1, 0.15) is 18.1 Å². The molecule has 0 unspecified atom stereocenters. The standard InChI is InChI=1S/C15H17NO3S/c1-10-16-15(11-4-6-12(20-3)7-5-11)13(19-10)8-9-14(17)18-2/h4-7H,8-9H2,1-3H3. The summed E-state index contributed by atoms with van der Waals surface area (Å²) < 4.78 is 10.2. The lowest BCUT2D eigenvalue weighted by Gasteiger charge is -2.02. The smallest absolute Gasteiger partial charge is 0.305 e. The minimum atomic E-state index is -0.247. The van der Waals surface area contributed by atoms with Crippen molar-refractivity contribution in [3.05, 3.63) is 35.9 Å². The molecule has 0 saturated heterocycles. The van der Waals surface area contributed by atoms with Crippen molar-refractivity contribution < 1.29 is 13.9 Å². The highest BCUT2D eigenvalue weighted by Crippen LogP contribution is 2.27. The molecule has 0 spiro atoms. The van der Waals surface area contributed by atoms with Crippen LogP contribution < -0.4 is 0 Å². The van der Waals surface area contributed by atoms with Gasteiger partial charge in [-0.15, -0.1) is 11.8 Å². The van der Waals surface area contributed by atoms with Gasteiger partial charge in [0.2, 0.25) is 0 Å². The number of carbonyl (C=O) groups excluding carboxylic acids is 1. The summed E-state index contributed by atoms with van der Waals surface area (Å²) >= 11 is 1.69. The van der Waals surface area contributed by atoms with Gasteiger partial charge in [-0.3, -0.25) is 4.79 Å². The first-order chi connectivity index (χ1) is 9.63. The van der Waals surface area contributed by atoms with Crippen molar-refractivity contribution in [2.45, 2.75) is 24.7 Å². The molecule has 1 aromatic carbocycles. The molecular formula is C15H17NO3S. The number of hydrogen-bond donors (Lipinski definition) is 0. The van der Waals surface area contributed by atoms with Gasteiger partial charge in [-0.1, -0.05) is 12.1 Å². The number of ether oxygens (including phenoxy) is 1. The second-order valence-electron chi connectivity index (χ2n) is 4.31. The third-order valence-electron chi connectivity index (χ3n) is 2.95. The third-order valence-corrected chi connectivity index (χ3v) is 3.70.